The highest BCUT2D eigenvalue weighted by Crippen LogP contribution is 2.19. The molecule has 76 valence electrons. The molecule has 0 spiro atoms. The molecule has 3 heteroatoms. The van der Waals surface area contributed by atoms with E-state index < -0.39 is 0 Å². The molecule has 0 bridgehead atoms. The number of ether oxygens (including phenoxy) is 1. The molecule has 0 aromatic heterocycles. The van der Waals surface area contributed by atoms with E-state index >= 15 is 0 Å². The first kappa shape index (κ1) is 10.5. The van der Waals surface area contributed by atoms with Crippen LogP contribution in [0.5, 0.6) is 0 Å². The number of likely N-dealkylation sites (tertiary alicyclic amines) is 1. The van der Waals surface area contributed by atoms with Gasteiger partial charge < -0.3 is 4.74 Å². The predicted molar refractivity (Wildman–Crippen MR) is 51.5 cm³/mol. The second kappa shape index (κ2) is 4.61. The Balaban J connectivity index is 2.45. The average Bonchev–Trinajstić information content (AvgIpc) is 2.50. The van der Waals surface area contributed by atoms with Gasteiger partial charge in [0.1, 0.15) is 6.04 Å². The van der Waals surface area contributed by atoms with Gasteiger partial charge >= 0.3 is 5.97 Å². The molecule has 1 fully saturated rings. The van der Waals surface area contributed by atoms with Crippen LogP contribution >= 0.6 is 0 Å². The Hall–Kier alpha value is -0.570. The van der Waals surface area contributed by atoms with Crippen LogP contribution in [0.4, 0.5) is 0 Å². The molecule has 0 amide bonds. The molecule has 1 heterocycles. The van der Waals surface area contributed by atoms with E-state index in [1.54, 1.807) is 0 Å². The third-order valence-corrected chi connectivity index (χ3v) is 2.73. The number of hydrogen-bond acceptors (Lipinski definition) is 3. The zero-order chi connectivity index (χ0) is 9.84. The van der Waals surface area contributed by atoms with Crippen LogP contribution in [0.2, 0.25) is 0 Å². The van der Waals surface area contributed by atoms with Crippen molar-refractivity contribution in [2.24, 2.45) is 0 Å². The predicted octanol–water partition coefficient (Wildman–Crippen LogP) is 1.42. The summed E-state index contributed by atoms with van der Waals surface area (Å²) < 4.78 is 4.98. The minimum absolute atomic E-state index is 0.0718. The summed E-state index contributed by atoms with van der Waals surface area (Å²) in [6, 6.07) is 0.455. The number of carbonyl (C=O) groups is 1. The van der Waals surface area contributed by atoms with E-state index in [0.717, 1.165) is 6.54 Å². The van der Waals surface area contributed by atoms with Gasteiger partial charge in [-0.05, 0) is 40.2 Å². The molecule has 1 saturated heterocycles. The fourth-order valence-corrected chi connectivity index (χ4v) is 1.93. The van der Waals surface area contributed by atoms with Gasteiger partial charge in [0.05, 0.1) is 6.61 Å². The van der Waals surface area contributed by atoms with E-state index in [0.29, 0.717) is 12.6 Å². The van der Waals surface area contributed by atoms with Crippen molar-refractivity contribution in [1.82, 2.24) is 4.90 Å². The van der Waals surface area contributed by atoms with E-state index in [-0.39, 0.29) is 12.0 Å². The molecule has 2 unspecified atom stereocenters. The van der Waals surface area contributed by atoms with Gasteiger partial charge in [0.2, 0.25) is 0 Å². The third kappa shape index (κ3) is 2.44. The van der Waals surface area contributed by atoms with Crippen LogP contribution in [0.15, 0.2) is 0 Å². The van der Waals surface area contributed by atoms with Gasteiger partial charge in [-0.1, -0.05) is 0 Å². The van der Waals surface area contributed by atoms with E-state index in [9.17, 15) is 4.79 Å². The molecule has 0 N–H and O–H groups in total. The van der Waals surface area contributed by atoms with Gasteiger partial charge in [0.15, 0.2) is 0 Å². The maximum absolute atomic E-state index is 11.4. The largest absolute Gasteiger partial charge is 0.465 e. The van der Waals surface area contributed by atoms with Crippen LogP contribution in [0.1, 0.15) is 33.6 Å². The fourth-order valence-electron chi connectivity index (χ4n) is 1.93. The number of hydrogen-bond donors (Lipinski definition) is 0. The van der Waals surface area contributed by atoms with E-state index in [4.69, 9.17) is 4.74 Å². The van der Waals surface area contributed by atoms with E-state index in [1.165, 1.54) is 12.8 Å². The SMILES string of the molecule is CCOC(=O)C(C)N1CCCC1C. The van der Waals surface area contributed by atoms with Crippen molar-refractivity contribution < 1.29 is 9.53 Å². The van der Waals surface area contributed by atoms with Gasteiger partial charge in [-0.15, -0.1) is 0 Å². The second-order valence-electron chi connectivity index (χ2n) is 3.66. The Morgan fingerprint density at radius 3 is 2.85 bits per heavy atom. The maximum atomic E-state index is 11.4. The lowest BCUT2D eigenvalue weighted by Crippen LogP contribution is -2.41. The fraction of sp³-hybridized carbons (Fsp3) is 0.900. The Morgan fingerprint density at radius 1 is 1.69 bits per heavy atom. The minimum Gasteiger partial charge on any atom is -0.465 e. The normalized spacial score (nSPS) is 25.9. The topological polar surface area (TPSA) is 29.5 Å². The number of nitrogens with zero attached hydrogens (tertiary/aromatic N) is 1. The molecule has 1 aliphatic rings. The Kier molecular flexibility index (Phi) is 3.72. The summed E-state index contributed by atoms with van der Waals surface area (Å²) in [7, 11) is 0. The van der Waals surface area contributed by atoms with Crippen molar-refractivity contribution in [2.45, 2.75) is 45.7 Å². The van der Waals surface area contributed by atoms with Crippen LogP contribution < -0.4 is 0 Å². The third-order valence-electron chi connectivity index (χ3n) is 2.73. The van der Waals surface area contributed by atoms with Gasteiger partial charge in [-0.3, -0.25) is 9.69 Å². The molecule has 13 heavy (non-hydrogen) atoms. The molecular weight excluding hydrogens is 166 g/mol. The molecular formula is C10H19NO2. The summed E-state index contributed by atoms with van der Waals surface area (Å²) >= 11 is 0. The van der Waals surface area contributed by atoms with Crippen molar-refractivity contribution >= 4 is 5.97 Å². The molecule has 3 nitrogen and oxygen atoms in total. The zero-order valence-electron chi connectivity index (χ0n) is 8.75. The summed E-state index contributed by atoms with van der Waals surface area (Å²) in [6.07, 6.45) is 2.40. The quantitative estimate of drug-likeness (QED) is 0.623. The lowest BCUT2D eigenvalue weighted by Gasteiger charge is -2.26. The lowest BCUT2D eigenvalue weighted by molar-refractivity contribution is -0.149. The van der Waals surface area contributed by atoms with Crippen molar-refractivity contribution in [3.8, 4) is 0 Å². The van der Waals surface area contributed by atoms with Gasteiger partial charge in [0.25, 0.3) is 0 Å². The maximum Gasteiger partial charge on any atom is 0.323 e. The molecule has 0 aromatic carbocycles. The molecule has 0 radical (unpaired) electrons. The van der Waals surface area contributed by atoms with Crippen molar-refractivity contribution in [1.29, 1.82) is 0 Å². The monoisotopic (exact) mass is 185 g/mol. The molecule has 0 saturated carbocycles. The first-order valence-corrected chi connectivity index (χ1v) is 5.09. The van der Waals surface area contributed by atoms with Crippen LogP contribution in [-0.2, 0) is 9.53 Å². The number of esters is 1. The number of carbonyl (C=O) groups excluding carboxylic acids is 1. The Labute approximate surface area is 80.1 Å². The summed E-state index contributed by atoms with van der Waals surface area (Å²) in [5.74, 6) is -0.0868. The minimum atomic E-state index is -0.0868. The summed E-state index contributed by atoms with van der Waals surface area (Å²) in [4.78, 5) is 13.6. The van der Waals surface area contributed by atoms with Crippen molar-refractivity contribution in [2.75, 3.05) is 13.2 Å². The van der Waals surface area contributed by atoms with Crippen LogP contribution in [0.3, 0.4) is 0 Å². The lowest BCUT2D eigenvalue weighted by atomic mass is 10.2. The summed E-state index contributed by atoms with van der Waals surface area (Å²) in [5, 5.41) is 0. The van der Waals surface area contributed by atoms with E-state index in [1.807, 2.05) is 13.8 Å². The van der Waals surface area contributed by atoms with Gasteiger partial charge in [0, 0.05) is 6.04 Å². The standard InChI is InChI=1S/C10H19NO2/c1-4-13-10(12)9(3)11-7-5-6-8(11)2/h8-9H,4-7H2,1-3H3. The summed E-state index contributed by atoms with van der Waals surface area (Å²) in [6.45, 7) is 7.45. The second-order valence-corrected chi connectivity index (χ2v) is 3.66. The number of rotatable bonds is 3. The highest BCUT2D eigenvalue weighted by molar-refractivity contribution is 5.75. The molecule has 0 aliphatic carbocycles. The zero-order valence-corrected chi connectivity index (χ0v) is 8.75. The van der Waals surface area contributed by atoms with Crippen molar-refractivity contribution in [3.05, 3.63) is 0 Å². The van der Waals surface area contributed by atoms with Gasteiger partial charge in [-0.2, -0.15) is 0 Å². The first-order valence-electron chi connectivity index (χ1n) is 5.09. The smallest absolute Gasteiger partial charge is 0.323 e. The molecule has 1 rings (SSSR count). The van der Waals surface area contributed by atoms with E-state index in [2.05, 4.69) is 11.8 Å². The molecule has 0 aromatic rings. The highest BCUT2D eigenvalue weighted by atomic mass is 16.5. The highest BCUT2D eigenvalue weighted by Gasteiger charge is 2.29. The molecule has 2 atom stereocenters. The average molecular weight is 185 g/mol. The Bertz CT molecular complexity index is 182. The van der Waals surface area contributed by atoms with Crippen LogP contribution in [0, 0.1) is 0 Å². The Morgan fingerprint density at radius 2 is 2.38 bits per heavy atom. The first-order chi connectivity index (χ1) is 6.16. The van der Waals surface area contributed by atoms with Crippen LogP contribution in [0.25, 0.3) is 0 Å². The molecule has 1 aliphatic heterocycles. The summed E-state index contributed by atoms with van der Waals surface area (Å²) in [5.41, 5.74) is 0. The van der Waals surface area contributed by atoms with Gasteiger partial charge in [-0.25, -0.2) is 0 Å². The van der Waals surface area contributed by atoms with Crippen molar-refractivity contribution in [3.63, 3.8) is 0 Å². The van der Waals surface area contributed by atoms with Crippen LogP contribution in [-0.4, -0.2) is 36.1 Å².